The van der Waals surface area contributed by atoms with E-state index in [4.69, 9.17) is 14.2 Å². The molecule has 0 aliphatic carbocycles. The second kappa shape index (κ2) is 8.73. The number of benzene rings is 2. The molecule has 0 spiro atoms. The number of methoxy groups -OCH3 is 1. The van der Waals surface area contributed by atoms with Gasteiger partial charge >= 0.3 is 6.09 Å². The first kappa shape index (κ1) is 22.0. The predicted octanol–water partition coefficient (Wildman–Crippen LogP) is 3.97. The van der Waals surface area contributed by atoms with Gasteiger partial charge in [0.05, 0.1) is 13.7 Å². The predicted molar refractivity (Wildman–Crippen MR) is 120 cm³/mol. The minimum Gasteiger partial charge on any atom is -0.497 e. The zero-order chi connectivity index (χ0) is 22.9. The SMILES string of the molecule is COc1ccc(C2CN(C(=O)OC(C)(C)C)CC2COc2ccc3c(c2)C(=O)NC3)cc1. The Hall–Kier alpha value is -3.22. The number of carbonyl (C=O) groups is 2. The average molecular weight is 439 g/mol. The molecule has 2 unspecified atom stereocenters. The van der Waals surface area contributed by atoms with Crippen molar-refractivity contribution in [3.05, 3.63) is 59.2 Å². The summed E-state index contributed by atoms with van der Waals surface area (Å²) in [6.07, 6.45) is -0.312. The van der Waals surface area contributed by atoms with E-state index in [-0.39, 0.29) is 23.8 Å². The van der Waals surface area contributed by atoms with E-state index in [0.717, 1.165) is 16.9 Å². The number of hydrogen-bond donors (Lipinski definition) is 1. The molecule has 2 atom stereocenters. The Balaban J connectivity index is 1.50. The second-order valence-corrected chi connectivity index (χ2v) is 9.34. The summed E-state index contributed by atoms with van der Waals surface area (Å²) < 4.78 is 17.0. The summed E-state index contributed by atoms with van der Waals surface area (Å²) in [5.41, 5.74) is 2.22. The summed E-state index contributed by atoms with van der Waals surface area (Å²) in [7, 11) is 1.64. The van der Waals surface area contributed by atoms with Crippen molar-refractivity contribution in [2.24, 2.45) is 5.92 Å². The number of nitrogens with zero attached hydrogens (tertiary/aromatic N) is 1. The van der Waals surface area contributed by atoms with Crippen LogP contribution in [0.2, 0.25) is 0 Å². The Morgan fingerprint density at radius 3 is 2.50 bits per heavy atom. The van der Waals surface area contributed by atoms with E-state index in [1.807, 2.05) is 57.2 Å². The van der Waals surface area contributed by atoms with Gasteiger partial charge < -0.3 is 24.4 Å². The van der Waals surface area contributed by atoms with Crippen LogP contribution in [0.5, 0.6) is 11.5 Å². The maximum atomic E-state index is 12.7. The van der Waals surface area contributed by atoms with Crippen molar-refractivity contribution in [3.8, 4) is 11.5 Å². The summed E-state index contributed by atoms with van der Waals surface area (Å²) in [5, 5.41) is 2.82. The van der Waals surface area contributed by atoms with Crippen LogP contribution in [0.3, 0.4) is 0 Å². The molecule has 1 N–H and O–H groups in total. The van der Waals surface area contributed by atoms with Gasteiger partial charge in [0.2, 0.25) is 0 Å². The van der Waals surface area contributed by atoms with Gasteiger partial charge in [-0.2, -0.15) is 0 Å². The van der Waals surface area contributed by atoms with E-state index in [9.17, 15) is 9.59 Å². The van der Waals surface area contributed by atoms with Crippen LogP contribution in [0.4, 0.5) is 4.79 Å². The first-order valence-corrected chi connectivity index (χ1v) is 10.9. The Morgan fingerprint density at radius 1 is 1.09 bits per heavy atom. The number of hydrogen-bond acceptors (Lipinski definition) is 5. The van der Waals surface area contributed by atoms with E-state index in [1.54, 1.807) is 18.1 Å². The third-order valence-electron chi connectivity index (χ3n) is 5.87. The monoisotopic (exact) mass is 438 g/mol. The quantitative estimate of drug-likeness (QED) is 0.764. The zero-order valence-electron chi connectivity index (χ0n) is 19.0. The smallest absolute Gasteiger partial charge is 0.410 e. The normalized spacial score (nSPS) is 20.0. The number of nitrogens with one attached hydrogen (secondary N) is 1. The number of carbonyl (C=O) groups excluding carboxylic acids is 2. The highest BCUT2D eigenvalue weighted by atomic mass is 16.6. The number of fused-ring (bicyclic) bond motifs is 1. The second-order valence-electron chi connectivity index (χ2n) is 9.34. The molecule has 2 aromatic carbocycles. The van der Waals surface area contributed by atoms with Gasteiger partial charge in [0, 0.05) is 37.0 Å². The van der Waals surface area contributed by atoms with Crippen LogP contribution >= 0.6 is 0 Å². The highest BCUT2D eigenvalue weighted by Gasteiger charge is 2.38. The highest BCUT2D eigenvalue weighted by molar-refractivity contribution is 5.98. The third kappa shape index (κ3) is 4.82. The zero-order valence-corrected chi connectivity index (χ0v) is 19.0. The standard InChI is InChI=1S/C25H30N2O5/c1-25(2,3)32-24(29)27-13-18(22(14-27)16-5-8-19(30-4)9-6-16)15-31-20-10-7-17-12-26-23(28)21(17)11-20/h5-11,18,22H,12-15H2,1-4H3,(H,26,28). The van der Waals surface area contributed by atoms with Gasteiger partial charge in [-0.1, -0.05) is 18.2 Å². The van der Waals surface area contributed by atoms with E-state index in [1.165, 1.54) is 0 Å². The van der Waals surface area contributed by atoms with Crippen LogP contribution in [-0.4, -0.2) is 49.3 Å². The molecule has 0 bridgehead atoms. The minimum atomic E-state index is -0.549. The van der Waals surface area contributed by atoms with Gasteiger partial charge in [-0.3, -0.25) is 4.79 Å². The molecule has 2 heterocycles. The van der Waals surface area contributed by atoms with Crippen LogP contribution in [0, 0.1) is 5.92 Å². The van der Waals surface area contributed by atoms with Crippen LogP contribution < -0.4 is 14.8 Å². The van der Waals surface area contributed by atoms with Crippen molar-refractivity contribution >= 4 is 12.0 Å². The lowest BCUT2D eigenvalue weighted by atomic mass is 9.89. The molecule has 1 fully saturated rings. The van der Waals surface area contributed by atoms with Gasteiger partial charge in [-0.25, -0.2) is 4.79 Å². The Bertz CT molecular complexity index is 996. The summed E-state index contributed by atoms with van der Waals surface area (Å²) in [6, 6.07) is 13.5. The van der Waals surface area contributed by atoms with Crippen molar-refractivity contribution < 1.29 is 23.8 Å². The molecule has 2 aliphatic heterocycles. The van der Waals surface area contributed by atoms with Crippen molar-refractivity contribution in [2.45, 2.75) is 38.8 Å². The molecule has 4 rings (SSSR count). The Labute approximate surface area is 188 Å². The lowest BCUT2D eigenvalue weighted by Crippen LogP contribution is -2.35. The van der Waals surface area contributed by atoms with Crippen molar-refractivity contribution in [1.82, 2.24) is 10.2 Å². The molecule has 0 aromatic heterocycles. The first-order valence-electron chi connectivity index (χ1n) is 10.9. The third-order valence-corrected chi connectivity index (χ3v) is 5.87. The number of ether oxygens (including phenoxy) is 3. The summed E-state index contributed by atoms with van der Waals surface area (Å²) in [4.78, 5) is 26.4. The van der Waals surface area contributed by atoms with Crippen molar-refractivity contribution in [3.63, 3.8) is 0 Å². The van der Waals surface area contributed by atoms with Crippen molar-refractivity contribution in [2.75, 3.05) is 26.8 Å². The van der Waals surface area contributed by atoms with Crippen LogP contribution in [0.15, 0.2) is 42.5 Å². The molecule has 2 aromatic rings. The van der Waals surface area contributed by atoms with Crippen LogP contribution in [-0.2, 0) is 11.3 Å². The van der Waals surface area contributed by atoms with E-state index >= 15 is 0 Å². The fourth-order valence-electron chi connectivity index (χ4n) is 4.23. The van der Waals surface area contributed by atoms with E-state index in [2.05, 4.69) is 5.32 Å². The maximum absolute atomic E-state index is 12.7. The van der Waals surface area contributed by atoms with E-state index in [0.29, 0.717) is 37.6 Å². The molecule has 170 valence electrons. The Morgan fingerprint density at radius 2 is 1.81 bits per heavy atom. The maximum Gasteiger partial charge on any atom is 0.410 e. The molecular weight excluding hydrogens is 408 g/mol. The molecule has 32 heavy (non-hydrogen) atoms. The van der Waals surface area contributed by atoms with Gasteiger partial charge in [0.25, 0.3) is 5.91 Å². The fourth-order valence-corrected chi connectivity index (χ4v) is 4.23. The Kier molecular flexibility index (Phi) is 6.00. The summed E-state index contributed by atoms with van der Waals surface area (Å²) in [6.45, 7) is 7.68. The average Bonchev–Trinajstić information content (AvgIpc) is 3.35. The molecule has 2 aliphatic rings. The molecule has 7 heteroatoms. The van der Waals surface area contributed by atoms with Gasteiger partial charge in [-0.15, -0.1) is 0 Å². The number of amides is 2. The van der Waals surface area contributed by atoms with Gasteiger partial charge in [-0.05, 0) is 56.2 Å². The van der Waals surface area contributed by atoms with E-state index < -0.39 is 5.60 Å². The first-order chi connectivity index (χ1) is 15.2. The number of rotatable bonds is 5. The molecule has 1 saturated heterocycles. The molecule has 2 amide bonds. The van der Waals surface area contributed by atoms with Gasteiger partial charge in [0.15, 0.2) is 0 Å². The summed E-state index contributed by atoms with van der Waals surface area (Å²) in [5.74, 6) is 1.56. The molecule has 0 radical (unpaired) electrons. The minimum absolute atomic E-state index is 0.0708. The molecule has 0 saturated carbocycles. The molecular formula is C25H30N2O5. The van der Waals surface area contributed by atoms with Crippen LogP contribution in [0.1, 0.15) is 48.2 Å². The van der Waals surface area contributed by atoms with Crippen molar-refractivity contribution in [1.29, 1.82) is 0 Å². The van der Waals surface area contributed by atoms with Gasteiger partial charge in [0.1, 0.15) is 17.1 Å². The highest BCUT2D eigenvalue weighted by Crippen LogP contribution is 2.35. The topological polar surface area (TPSA) is 77.1 Å². The molecule has 7 nitrogen and oxygen atoms in total. The summed E-state index contributed by atoms with van der Waals surface area (Å²) >= 11 is 0. The van der Waals surface area contributed by atoms with Crippen LogP contribution in [0.25, 0.3) is 0 Å². The largest absolute Gasteiger partial charge is 0.497 e. The fraction of sp³-hybridized carbons (Fsp3) is 0.440. The lowest BCUT2D eigenvalue weighted by molar-refractivity contribution is 0.0283. The number of likely N-dealkylation sites (tertiary alicyclic amines) is 1. The lowest BCUT2D eigenvalue weighted by Gasteiger charge is -2.24.